The Morgan fingerprint density at radius 2 is 1.77 bits per heavy atom. The first kappa shape index (κ1) is 32.3. The molecule has 226 valence electrons. The fourth-order valence-corrected chi connectivity index (χ4v) is 6.66. The van der Waals surface area contributed by atoms with E-state index < -0.39 is 58.4 Å². The molecule has 3 aliphatic rings. The molecule has 2 saturated heterocycles. The molecule has 7 atom stereocenters. The average Bonchev–Trinajstić information content (AvgIpc) is 3.54. The molecule has 0 spiro atoms. The summed E-state index contributed by atoms with van der Waals surface area (Å²) in [6.45, 7) is 7.22. The van der Waals surface area contributed by atoms with Crippen LogP contribution in [0.4, 0.5) is 8.78 Å². The van der Waals surface area contributed by atoms with Gasteiger partial charge in [-0.3, -0.25) is 29.4 Å². The van der Waals surface area contributed by atoms with Crippen molar-refractivity contribution in [3.63, 3.8) is 0 Å². The number of hydrogen-bond donors (Lipinski definition) is 3. The monoisotopic (exact) mass is 609 g/mol. The van der Waals surface area contributed by atoms with Crippen molar-refractivity contribution in [1.82, 2.24) is 26.0 Å². The molecule has 2 aliphatic heterocycles. The van der Waals surface area contributed by atoms with Gasteiger partial charge in [0.15, 0.2) is 0 Å². The first-order chi connectivity index (χ1) is 18.7. The van der Waals surface area contributed by atoms with E-state index in [9.17, 15) is 32.8 Å². The van der Waals surface area contributed by atoms with E-state index in [4.69, 9.17) is 23.2 Å². The lowest BCUT2D eigenvalue weighted by molar-refractivity contribution is -0.150. The van der Waals surface area contributed by atoms with E-state index in [1.807, 2.05) is 27.7 Å². The molecule has 0 bridgehead atoms. The number of fused-ring (bicyclic) bond motifs is 1. The van der Waals surface area contributed by atoms with E-state index in [1.54, 1.807) is 0 Å². The van der Waals surface area contributed by atoms with Gasteiger partial charge in [0.2, 0.25) is 11.8 Å². The Hall–Kier alpha value is -2.21. The lowest BCUT2D eigenvalue weighted by Crippen LogP contribution is -2.60. The van der Waals surface area contributed by atoms with Gasteiger partial charge >= 0.3 is 0 Å². The van der Waals surface area contributed by atoms with Crippen molar-refractivity contribution in [3.8, 4) is 0 Å². The SMILES string of the molecule is CCC(CC)[C@H](NC(=O)[C@@H](F)Cl)C(=O)N1C[C@@H]2CCC[C@@H]2[C@H]1C(=O)NN(C[C@@H]1CC(C)(C)NC1=O)C(=O)[C@@H](F)Cl. The van der Waals surface area contributed by atoms with Crippen molar-refractivity contribution in [2.75, 3.05) is 13.1 Å². The van der Waals surface area contributed by atoms with Crippen LogP contribution in [0.25, 0.3) is 0 Å². The van der Waals surface area contributed by atoms with Gasteiger partial charge < -0.3 is 15.5 Å². The smallest absolute Gasteiger partial charge is 0.291 e. The minimum Gasteiger partial charge on any atom is -0.351 e. The highest BCUT2D eigenvalue weighted by molar-refractivity contribution is 6.30. The molecule has 5 amide bonds. The molecule has 2 heterocycles. The lowest BCUT2D eigenvalue weighted by atomic mass is 9.91. The summed E-state index contributed by atoms with van der Waals surface area (Å²) in [5.41, 5.74) is -2.90. The summed E-state index contributed by atoms with van der Waals surface area (Å²) in [5, 5.41) is 5.93. The van der Waals surface area contributed by atoms with E-state index >= 15 is 0 Å². The van der Waals surface area contributed by atoms with Crippen LogP contribution in [0.15, 0.2) is 0 Å². The minimum atomic E-state index is -2.46. The number of rotatable bonds is 10. The Morgan fingerprint density at radius 3 is 2.30 bits per heavy atom. The topological polar surface area (TPSA) is 128 Å². The number of nitrogens with one attached hydrogen (secondary N) is 3. The number of amides is 5. The number of nitrogens with zero attached hydrogens (tertiary/aromatic N) is 2. The van der Waals surface area contributed by atoms with Crippen LogP contribution in [0.5, 0.6) is 0 Å². The summed E-state index contributed by atoms with van der Waals surface area (Å²) in [6.07, 6.45) is 3.62. The van der Waals surface area contributed by atoms with Crippen LogP contribution in [-0.2, 0) is 24.0 Å². The molecule has 0 unspecified atom stereocenters. The molecule has 14 heteroatoms. The van der Waals surface area contributed by atoms with Gasteiger partial charge in [-0.15, -0.1) is 0 Å². The predicted octanol–water partition coefficient (Wildman–Crippen LogP) is 2.38. The standard InChI is InChI=1S/C26H39Cl2F2N5O5/c1-5-13(6-2)17(31-23(38)19(27)29)24(39)34-11-14-8-7-9-16(14)18(34)22(37)33-35(25(40)20(28)30)12-15-10-26(3,4)32-21(15)36/h13-20H,5-12H2,1-4H3,(H,31,38)(H,32,36)(H,33,37)/t14-,15-,16-,17-,18-,19+,20+/m0/s1. The van der Waals surface area contributed by atoms with Gasteiger partial charge in [0.25, 0.3) is 29.0 Å². The first-order valence-electron chi connectivity index (χ1n) is 13.8. The van der Waals surface area contributed by atoms with E-state index in [0.29, 0.717) is 25.7 Å². The number of alkyl halides is 4. The molecule has 10 nitrogen and oxygen atoms in total. The molecular weight excluding hydrogens is 571 g/mol. The summed E-state index contributed by atoms with van der Waals surface area (Å²) < 4.78 is 27.5. The summed E-state index contributed by atoms with van der Waals surface area (Å²) in [4.78, 5) is 66.3. The highest BCUT2D eigenvalue weighted by Crippen LogP contribution is 2.43. The summed E-state index contributed by atoms with van der Waals surface area (Å²) in [6, 6.07) is -2.14. The van der Waals surface area contributed by atoms with Gasteiger partial charge in [0.05, 0.1) is 12.5 Å². The van der Waals surface area contributed by atoms with Crippen LogP contribution in [-0.4, -0.2) is 81.4 Å². The van der Waals surface area contributed by atoms with Crippen molar-refractivity contribution >= 4 is 52.7 Å². The molecule has 3 fully saturated rings. The Kier molecular flexibility index (Phi) is 10.6. The summed E-state index contributed by atoms with van der Waals surface area (Å²) in [7, 11) is 0. The molecule has 0 aromatic rings. The van der Waals surface area contributed by atoms with Gasteiger partial charge in [-0.25, -0.2) is 13.8 Å². The highest BCUT2D eigenvalue weighted by Gasteiger charge is 2.52. The third-order valence-electron chi connectivity index (χ3n) is 8.41. The minimum absolute atomic E-state index is 0.00668. The maximum absolute atomic E-state index is 14.0. The largest absolute Gasteiger partial charge is 0.351 e. The zero-order valence-corrected chi connectivity index (χ0v) is 24.7. The molecule has 0 aromatic carbocycles. The van der Waals surface area contributed by atoms with Crippen LogP contribution in [0.2, 0.25) is 0 Å². The number of halogens is 4. The van der Waals surface area contributed by atoms with Crippen LogP contribution in [0, 0.1) is 23.7 Å². The zero-order valence-electron chi connectivity index (χ0n) is 23.2. The zero-order chi connectivity index (χ0) is 29.9. The second kappa shape index (κ2) is 13.2. The molecular formula is C26H39Cl2F2N5O5. The van der Waals surface area contributed by atoms with Gasteiger partial charge in [-0.1, -0.05) is 56.3 Å². The van der Waals surface area contributed by atoms with Crippen LogP contribution in [0.1, 0.15) is 66.2 Å². The Balaban J connectivity index is 1.88. The second-order valence-corrected chi connectivity index (χ2v) is 12.4. The van der Waals surface area contributed by atoms with Crippen molar-refractivity contribution in [2.45, 2.75) is 95.1 Å². The normalized spacial score (nSPS) is 27.5. The number of hydrazine groups is 1. The van der Waals surface area contributed by atoms with Crippen LogP contribution < -0.4 is 16.1 Å². The van der Waals surface area contributed by atoms with E-state index in [-0.39, 0.29) is 36.8 Å². The van der Waals surface area contributed by atoms with Crippen molar-refractivity contribution in [3.05, 3.63) is 0 Å². The lowest BCUT2D eigenvalue weighted by Gasteiger charge is -2.35. The fraction of sp³-hybridized carbons (Fsp3) is 0.808. The molecule has 40 heavy (non-hydrogen) atoms. The number of carbonyl (C=O) groups is 5. The molecule has 0 aromatic heterocycles. The van der Waals surface area contributed by atoms with E-state index in [1.165, 1.54) is 4.90 Å². The molecule has 3 rings (SSSR count). The Labute approximate surface area is 243 Å². The third-order valence-corrected chi connectivity index (χ3v) is 8.80. The van der Waals surface area contributed by atoms with E-state index in [0.717, 1.165) is 17.9 Å². The Morgan fingerprint density at radius 1 is 1.12 bits per heavy atom. The Bertz CT molecular complexity index is 997. The van der Waals surface area contributed by atoms with Crippen molar-refractivity contribution in [1.29, 1.82) is 0 Å². The van der Waals surface area contributed by atoms with Gasteiger partial charge in [-0.2, -0.15) is 0 Å². The van der Waals surface area contributed by atoms with Crippen molar-refractivity contribution in [2.24, 2.45) is 23.7 Å². The fourth-order valence-electron chi connectivity index (χ4n) is 6.48. The molecule has 0 radical (unpaired) electrons. The van der Waals surface area contributed by atoms with Gasteiger partial charge in [-0.05, 0) is 50.9 Å². The summed E-state index contributed by atoms with van der Waals surface area (Å²) in [5.74, 6) is -5.27. The maximum Gasteiger partial charge on any atom is 0.291 e. The van der Waals surface area contributed by atoms with Crippen molar-refractivity contribution < 1.29 is 32.8 Å². The molecule has 1 aliphatic carbocycles. The number of hydrogen-bond acceptors (Lipinski definition) is 5. The third kappa shape index (κ3) is 7.16. The average molecular weight is 611 g/mol. The predicted molar refractivity (Wildman–Crippen MR) is 144 cm³/mol. The number of likely N-dealkylation sites (tertiary alicyclic amines) is 1. The molecule has 1 saturated carbocycles. The summed E-state index contributed by atoms with van der Waals surface area (Å²) >= 11 is 10.8. The maximum atomic E-state index is 14.0. The molecule has 3 N–H and O–H groups in total. The van der Waals surface area contributed by atoms with E-state index in [2.05, 4.69) is 16.1 Å². The van der Waals surface area contributed by atoms with Gasteiger partial charge in [0, 0.05) is 12.1 Å². The quantitative estimate of drug-likeness (QED) is 0.259. The van der Waals surface area contributed by atoms with Crippen LogP contribution >= 0.6 is 23.2 Å². The van der Waals surface area contributed by atoms with Gasteiger partial charge in [0.1, 0.15) is 12.1 Å². The van der Waals surface area contributed by atoms with Crippen LogP contribution in [0.3, 0.4) is 0 Å². The first-order valence-corrected chi connectivity index (χ1v) is 14.7. The highest BCUT2D eigenvalue weighted by atomic mass is 35.5. The second-order valence-electron chi connectivity index (χ2n) is 11.7. The number of carbonyl (C=O) groups excluding carboxylic acids is 5.